The van der Waals surface area contributed by atoms with E-state index in [1.165, 1.54) is 15.6 Å². The molecule has 0 saturated carbocycles. The van der Waals surface area contributed by atoms with Crippen LogP contribution < -0.4 is 5.32 Å². The van der Waals surface area contributed by atoms with Gasteiger partial charge in [0.25, 0.3) is 10.0 Å². The number of carbonyl (C=O) groups is 1. The van der Waals surface area contributed by atoms with Crippen LogP contribution in [0.4, 0.5) is 5.82 Å². The molecule has 3 heterocycles. The third kappa shape index (κ3) is 4.31. The molecule has 0 bridgehead atoms. The molecule has 9 heteroatoms. The van der Waals surface area contributed by atoms with Gasteiger partial charge in [-0.2, -0.15) is 9.40 Å². The standard InChI is InChI=1S/C19H28N4O3S2/c1-13-11-16(23(21-13)19(3,4)5)20-18(24)15-7-6-10-22(12-15)28(25,26)17-9-8-14(2)27-17/h8-9,11,15H,6-7,10,12H2,1-5H3,(H,20,24). The fourth-order valence-corrected chi connectivity index (χ4v) is 6.34. The van der Waals surface area contributed by atoms with Crippen molar-refractivity contribution >= 4 is 33.1 Å². The van der Waals surface area contributed by atoms with Gasteiger partial charge < -0.3 is 5.32 Å². The molecule has 3 rings (SSSR count). The zero-order chi connectivity index (χ0) is 20.7. The lowest BCUT2D eigenvalue weighted by Gasteiger charge is -2.31. The van der Waals surface area contributed by atoms with Gasteiger partial charge in [-0.15, -0.1) is 11.3 Å². The maximum absolute atomic E-state index is 12.9. The van der Waals surface area contributed by atoms with E-state index in [0.717, 1.165) is 10.6 Å². The van der Waals surface area contributed by atoms with Crippen LogP contribution >= 0.6 is 11.3 Å². The Balaban J connectivity index is 1.75. The van der Waals surface area contributed by atoms with Crippen LogP contribution in [0.1, 0.15) is 44.2 Å². The van der Waals surface area contributed by atoms with Crippen molar-refractivity contribution in [1.29, 1.82) is 0 Å². The van der Waals surface area contributed by atoms with Gasteiger partial charge in [-0.3, -0.25) is 4.79 Å². The van der Waals surface area contributed by atoms with Gasteiger partial charge in [0.2, 0.25) is 5.91 Å². The van der Waals surface area contributed by atoms with Crippen LogP contribution in [0.2, 0.25) is 0 Å². The van der Waals surface area contributed by atoms with E-state index in [2.05, 4.69) is 10.4 Å². The summed E-state index contributed by atoms with van der Waals surface area (Å²) >= 11 is 1.27. The molecule has 0 aliphatic carbocycles. The number of hydrogen-bond acceptors (Lipinski definition) is 5. The largest absolute Gasteiger partial charge is 0.311 e. The Morgan fingerprint density at radius 1 is 1.29 bits per heavy atom. The van der Waals surface area contributed by atoms with Crippen molar-refractivity contribution < 1.29 is 13.2 Å². The predicted molar refractivity (Wildman–Crippen MR) is 111 cm³/mol. The smallest absolute Gasteiger partial charge is 0.252 e. The van der Waals surface area contributed by atoms with Crippen LogP contribution in [0.25, 0.3) is 0 Å². The van der Waals surface area contributed by atoms with Crippen LogP contribution in [0.3, 0.4) is 0 Å². The van der Waals surface area contributed by atoms with Crippen LogP contribution in [-0.4, -0.2) is 41.5 Å². The molecule has 1 aliphatic rings. The third-order valence-electron chi connectivity index (χ3n) is 4.78. The summed E-state index contributed by atoms with van der Waals surface area (Å²) in [6.45, 7) is 10.5. The van der Waals surface area contributed by atoms with Crippen molar-refractivity contribution in [2.24, 2.45) is 5.92 Å². The van der Waals surface area contributed by atoms with Crippen molar-refractivity contribution in [2.45, 2.75) is 57.2 Å². The number of carbonyl (C=O) groups excluding carboxylic acids is 1. The second-order valence-electron chi connectivity index (χ2n) is 8.31. The topological polar surface area (TPSA) is 84.3 Å². The van der Waals surface area contributed by atoms with Gasteiger partial charge in [0.05, 0.1) is 17.2 Å². The predicted octanol–water partition coefficient (Wildman–Crippen LogP) is 3.36. The molecular weight excluding hydrogens is 396 g/mol. The molecular formula is C19H28N4O3S2. The number of nitrogens with one attached hydrogen (secondary N) is 1. The van der Waals surface area contributed by atoms with Crippen molar-refractivity contribution in [3.8, 4) is 0 Å². The average molecular weight is 425 g/mol. The van der Waals surface area contributed by atoms with E-state index in [-0.39, 0.29) is 23.9 Å². The molecule has 0 radical (unpaired) electrons. The van der Waals surface area contributed by atoms with Crippen LogP contribution in [0.5, 0.6) is 0 Å². The van der Waals surface area contributed by atoms with Gasteiger partial charge in [-0.25, -0.2) is 13.1 Å². The fourth-order valence-electron chi connectivity index (χ4n) is 3.38. The Morgan fingerprint density at radius 3 is 2.61 bits per heavy atom. The Bertz CT molecular complexity index is 970. The minimum atomic E-state index is -3.55. The molecule has 0 aromatic carbocycles. The van der Waals surface area contributed by atoms with Crippen molar-refractivity contribution in [3.05, 3.63) is 28.8 Å². The number of thiophene rings is 1. The third-order valence-corrected chi connectivity index (χ3v) is 8.12. The first-order chi connectivity index (χ1) is 13.0. The van der Waals surface area contributed by atoms with E-state index in [9.17, 15) is 13.2 Å². The van der Waals surface area contributed by atoms with Gasteiger partial charge in [-0.05, 0) is 59.6 Å². The lowest BCUT2D eigenvalue weighted by molar-refractivity contribution is -0.120. The Kier molecular flexibility index (Phi) is 5.71. The highest BCUT2D eigenvalue weighted by molar-refractivity contribution is 7.91. The summed E-state index contributed by atoms with van der Waals surface area (Å²) in [5.41, 5.74) is 0.557. The Hall–Kier alpha value is -1.71. The second kappa shape index (κ2) is 7.61. The molecule has 1 N–H and O–H groups in total. The highest BCUT2D eigenvalue weighted by Gasteiger charge is 2.34. The highest BCUT2D eigenvalue weighted by atomic mass is 32.2. The zero-order valence-electron chi connectivity index (χ0n) is 17.0. The molecule has 28 heavy (non-hydrogen) atoms. The number of sulfonamides is 1. The number of rotatable bonds is 4. The van der Waals surface area contributed by atoms with Gasteiger partial charge in [-0.1, -0.05) is 0 Å². The van der Waals surface area contributed by atoms with Gasteiger partial charge >= 0.3 is 0 Å². The summed E-state index contributed by atoms with van der Waals surface area (Å²) in [7, 11) is -3.55. The first-order valence-electron chi connectivity index (χ1n) is 9.43. The molecule has 1 saturated heterocycles. The van der Waals surface area contributed by atoms with Gasteiger partial charge in [0.1, 0.15) is 10.0 Å². The minimum Gasteiger partial charge on any atom is -0.311 e. The lowest BCUT2D eigenvalue weighted by atomic mass is 9.99. The summed E-state index contributed by atoms with van der Waals surface area (Å²) in [6.07, 6.45) is 1.34. The summed E-state index contributed by atoms with van der Waals surface area (Å²) in [4.78, 5) is 13.9. The van der Waals surface area contributed by atoms with E-state index in [0.29, 0.717) is 29.4 Å². The van der Waals surface area contributed by atoms with E-state index < -0.39 is 10.0 Å². The minimum absolute atomic E-state index is 0.160. The van der Waals surface area contributed by atoms with E-state index >= 15 is 0 Å². The molecule has 7 nitrogen and oxygen atoms in total. The summed E-state index contributed by atoms with van der Waals surface area (Å²) in [5, 5.41) is 7.44. The van der Waals surface area contributed by atoms with E-state index in [1.54, 1.807) is 10.7 Å². The quantitative estimate of drug-likeness (QED) is 0.816. The highest BCUT2D eigenvalue weighted by Crippen LogP contribution is 2.29. The number of aromatic nitrogens is 2. The first kappa shape index (κ1) is 21.0. The zero-order valence-corrected chi connectivity index (χ0v) is 18.7. The maximum Gasteiger partial charge on any atom is 0.252 e. The Labute approximate surface area is 170 Å². The van der Waals surface area contributed by atoms with Crippen molar-refractivity contribution in [1.82, 2.24) is 14.1 Å². The number of nitrogens with zero attached hydrogens (tertiary/aromatic N) is 3. The molecule has 154 valence electrons. The molecule has 1 fully saturated rings. The van der Waals surface area contributed by atoms with Crippen molar-refractivity contribution in [3.63, 3.8) is 0 Å². The second-order valence-corrected chi connectivity index (χ2v) is 11.8. The summed E-state index contributed by atoms with van der Waals surface area (Å²) in [5.74, 6) is 0.102. The van der Waals surface area contributed by atoms with Crippen LogP contribution in [0.15, 0.2) is 22.4 Å². The van der Waals surface area contributed by atoms with Crippen LogP contribution in [-0.2, 0) is 20.4 Å². The fraction of sp³-hybridized carbons (Fsp3) is 0.579. The van der Waals surface area contributed by atoms with Gasteiger partial charge in [0, 0.05) is 24.0 Å². The molecule has 1 atom stereocenters. The molecule has 0 spiro atoms. The molecule has 2 aromatic heterocycles. The average Bonchev–Trinajstić information content (AvgIpc) is 3.21. The number of hydrogen-bond donors (Lipinski definition) is 1. The van der Waals surface area contributed by atoms with Crippen molar-refractivity contribution in [2.75, 3.05) is 18.4 Å². The molecule has 1 amide bonds. The number of amides is 1. The monoisotopic (exact) mass is 424 g/mol. The summed E-state index contributed by atoms with van der Waals surface area (Å²) in [6, 6.07) is 5.29. The number of anilines is 1. The van der Waals surface area contributed by atoms with Crippen LogP contribution in [0, 0.1) is 19.8 Å². The number of aryl methyl sites for hydroxylation is 2. The maximum atomic E-state index is 12.9. The van der Waals surface area contributed by atoms with Gasteiger partial charge in [0.15, 0.2) is 0 Å². The summed E-state index contributed by atoms with van der Waals surface area (Å²) < 4.78 is 29.4. The van der Waals surface area contributed by atoms with E-state index in [1.807, 2.05) is 46.8 Å². The normalized spacial score (nSPS) is 19.0. The molecule has 1 aliphatic heterocycles. The SMILES string of the molecule is Cc1cc(NC(=O)C2CCCN(S(=O)(=O)c3ccc(C)s3)C2)n(C(C)(C)C)n1. The molecule has 1 unspecified atom stereocenters. The molecule has 2 aromatic rings. The Morgan fingerprint density at radius 2 is 2.00 bits per heavy atom. The first-order valence-corrected chi connectivity index (χ1v) is 11.7. The lowest BCUT2D eigenvalue weighted by Crippen LogP contribution is -2.43. The van der Waals surface area contributed by atoms with E-state index in [4.69, 9.17) is 0 Å². The number of piperidine rings is 1.